The highest BCUT2D eigenvalue weighted by Gasteiger charge is 2.69. The second kappa shape index (κ2) is 10.8. The number of aryl methyl sites for hydroxylation is 1. The van der Waals surface area contributed by atoms with E-state index in [0.29, 0.717) is 0 Å². The van der Waals surface area contributed by atoms with E-state index in [1.807, 2.05) is 67.7 Å². The summed E-state index contributed by atoms with van der Waals surface area (Å²) in [6, 6.07) is 0. The maximum atomic E-state index is 13.5. The Morgan fingerprint density at radius 1 is 1.07 bits per heavy atom. The molecule has 0 bridgehead atoms. The molecule has 3 rings (SSSR count). The number of primary amides is 1. The summed E-state index contributed by atoms with van der Waals surface area (Å²) in [5, 5.41) is 3.01. The maximum Gasteiger partial charge on any atom is 0.332 e. The van der Waals surface area contributed by atoms with Crippen LogP contribution in [-0.2, 0) is 39.7 Å². The number of nitrogens with two attached hydrogens (primary N) is 1. The number of ether oxygens (including phenoxy) is 1. The monoisotopic (exact) mass is 646 g/mol. The van der Waals surface area contributed by atoms with Crippen molar-refractivity contribution in [3.05, 3.63) is 43.7 Å². The predicted molar refractivity (Wildman–Crippen MR) is 163 cm³/mol. The molecule has 1 aromatic rings. The van der Waals surface area contributed by atoms with Gasteiger partial charge in [0.15, 0.2) is 29.2 Å². The van der Waals surface area contributed by atoms with Crippen LogP contribution in [0, 0.1) is 6.92 Å². The summed E-state index contributed by atoms with van der Waals surface area (Å²) in [6.45, 7) is 21.1. The van der Waals surface area contributed by atoms with Crippen molar-refractivity contribution in [3.63, 3.8) is 0 Å². The lowest BCUT2D eigenvalue weighted by Crippen LogP contribution is -2.61. The van der Waals surface area contributed by atoms with Gasteiger partial charge in [0, 0.05) is 18.8 Å². The Morgan fingerprint density at radius 2 is 1.60 bits per heavy atom. The van der Waals surface area contributed by atoms with E-state index >= 15 is 0 Å². The van der Waals surface area contributed by atoms with Crippen LogP contribution in [0.1, 0.15) is 53.3 Å². The van der Waals surface area contributed by atoms with Gasteiger partial charge in [-0.15, -0.1) is 0 Å². The number of nitrogens with one attached hydrogen (secondary N) is 1. The SMILES string of the molecule is Cc1cn([C@@H]2OC(O[Si](C)(C)C(C)(C)C)C3(OS(=O)(=O)C=C3NCC(N)=O)C2O[Si](C)(C)C(C)(C)C)c(=O)n(C)c1=O. The van der Waals surface area contributed by atoms with E-state index in [4.69, 9.17) is 23.5 Å². The minimum atomic E-state index is -4.35. The van der Waals surface area contributed by atoms with Gasteiger partial charge in [-0.05, 0) is 43.2 Å². The molecule has 2 aliphatic heterocycles. The van der Waals surface area contributed by atoms with E-state index in [-0.39, 0.29) is 21.3 Å². The van der Waals surface area contributed by atoms with Crippen LogP contribution in [0.2, 0.25) is 36.3 Å². The molecule has 238 valence electrons. The molecule has 3 N–H and O–H groups in total. The van der Waals surface area contributed by atoms with Crippen LogP contribution in [0.5, 0.6) is 0 Å². The largest absolute Gasteiger partial charge is 0.406 e. The molecule has 16 heteroatoms. The lowest BCUT2D eigenvalue weighted by molar-refractivity contribution is -0.148. The number of carbonyl (C=O) groups excluding carboxylic acids is 1. The van der Waals surface area contributed by atoms with Gasteiger partial charge in [-0.1, -0.05) is 41.5 Å². The van der Waals surface area contributed by atoms with Crippen LogP contribution < -0.4 is 22.3 Å². The van der Waals surface area contributed by atoms with Crippen LogP contribution >= 0.6 is 0 Å². The smallest absolute Gasteiger partial charge is 0.332 e. The average molecular weight is 647 g/mol. The van der Waals surface area contributed by atoms with Gasteiger partial charge in [-0.25, -0.2) is 8.98 Å². The van der Waals surface area contributed by atoms with E-state index in [9.17, 15) is 22.8 Å². The molecule has 1 aromatic heterocycles. The Balaban J connectivity index is 2.41. The van der Waals surface area contributed by atoms with Crippen molar-refractivity contribution < 1.29 is 31.0 Å². The second-order valence-corrected chi connectivity index (χ2v) is 25.0. The number of nitrogens with zero attached hydrogens (tertiary/aromatic N) is 2. The summed E-state index contributed by atoms with van der Waals surface area (Å²) in [7, 11) is -8.49. The first-order valence-corrected chi connectivity index (χ1v) is 21.1. The lowest BCUT2D eigenvalue weighted by atomic mass is 9.93. The van der Waals surface area contributed by atoms with E-state index < -0.39 is 74.7 Å². The van der Waals surface area contributed by atoms with E-state index in [1.54, 1.807) is 6.92 Å². The molecule has 3 heterocycles. The molecular weight excluding hydrogens is 601 g/mol. The highest BCUT2D eigenvalue weighted by atomic mass is 32.2. The Kier molecular flexibility index (Phi) is 8.86. The fraction of sp³-hybridized carbons (Fsp3) is 0.731. The first kappa shape index (κ1) is 34.4. The molecule has 42 heavy (non-hydrogen) atoms. The number of hydrogen-bond acceptors (Lipinski definition) is 10. The molecule has 1 fully saturated rings. The molecule has 3 unspecified atom stereocenters. The molecule has 0 radical (unpaired) electrons. The van der Waals surface area contributed by atoms with Gasteiger partial charge in [0.1, 0.15) is 6.10 Å². The zero-order valence-electron chi connectivity index (χ0n) is 26.6. The van der Waals surface area contributed by atoms with E-state index in [2.05, 4.69) is 5.32 Å². The molecule has 0 aliphatic carbocycles. The summed E-state index contributed by atoms with van der Waals surface area (Å²) < 4.78 is 54.6. The molecule has 1 amide bonds. The standard InChI is InChI=1S/C26H46N4O9SSi2/c1-16-14-30(23(33)29(8)20(16)32)21-19(37-41(9,10)24(2,3)4)26(22(36-21)38-42(11,12)25(5,6)7)17(28-13-18(27)31)15-40(34,35)39-26/h14-15,19,21-22,28H,13H2,1-12H3,(H2,27,31)/t19?,21-,22?,26?/m1/s1. The molecule has 13 nitrogen and oxygen atoms in total. The van der Waals surface area contributed by atoms with Crippen LogP contribution in [0.3, 0.4) is 0 Å². The summed E-state index contributed by atoms with van der Waals surface area (Å²) in [5.41, 5.74) is 2.49. The molecule has 2 aliphatic rings. The third-order valence-electron chi connectivity index (χ3n) is 8.88. The van der Waals surface area contributed by atoms with Gasteiger partial charge in [-0.2, -0.15) is 8.42 Å². The van der Waals surface area contributed by atoms with Crippen molar-refractivity contribution in [2.75, 3.05) is 6.54 Å². The number of amides is 1. The van der Waals surface area contributed by atoms with Gasteiger partial charge in [-0.3, -0.25) is 18.7 Å². The maximum absolute atomic E-state index is 13.5. The fourth-order valence-corrected chi connectivity index (χ4v) is 7.96. The predicted octanol–water partition coefficient (Wildman–Crippen LogP) is 2.14. The first-order chi connectivity index (χ1) is 18.8. The summed E-state index contributed by atoms with van der Waals surface area (Å²) in [5.74, 6) is -0.737. The van der Waals surface area contributed by atoms with Crippen LogP contribution in [0.4, 0.5) is 0 Å². The van der Waals surface area contributed by atoms with Gasteiger partial charge in [0.25, 0.3) is 15.7 Å². The first-order valence-electron chi connectivity index (χ1n) is 13.8. The Labute approximate surface area is 249 Å². The van der Waals surface area contributed by atoms with E-state index in [0.717, 1.165) is 9.98 Å². The van der Waals surface area contributed by atoms with Crippen molar-refractivity contribution in [2.24, 2.45) is 12.8 Å². The normalized spacial score (nSPS) is 26.5. The number of carbonyl (C=O) groups is 1. The Morgan fingerprint density at radius 3 is 2.10 bits per heavy atom. The number of hydrogen-bond donors (Lipinski definition) is 2. The highest BCUT2D eigenvalue weighted by Crippen LogP contribution is 2.54. The van der Waals surface area contributed by atoms with Crippen LogP contribution in [-0.4, -0.2) is 64.6 Å². The zero-order valence-corrected chi connectivity index (χ0v) is 29.5. The topological polar surface area (TPSA) is 170 Å². The van der Waals surface area contributed by atoms with Crippen molar-refractivity contribution in [1.29, 1.82) is 0 Å². The molecule has 0 aromatic carbocycles. The fourth-order valence-electron chi connectivity index (χ4n) is 4.31. The molecule has 0 saturated carbocycles. The van der Waals surface area contributed by atoms with Gasteiger partial charge >= 0.3 is 5.69 Å². The average Bonchev–Trinajstić information content (AvgIpc) is 3.24. The number of rotatable bonds is 8. The summed E-state index contributed by atoms with van der Waals surface area (Å²) >= 11 is 0. The van der Waals surface area contributed by atoms with Crippen molar-refractivity contribution in [3.8, 4) is 0 Å². The lowest BCUT2D eigenvalue weighted by Gasteiger charge is -2.45. The minimum Gasteiger partial charge on any atom is -0.406 e. The molecule has 4 atom stereocenters. The number of aromatic nitrogens is 2. The van der Waals surface area contributed by atoms with Crippen molar-refractivity contribution in [1.82, 2.24) is 14.5 Å². The second-order valence-electron chi connectivity index (χ2n) is 14.1. The van der Waals surface area contributed by atoms with Crippen LogP contribution in [0.25, 0.3) is 0 Å². The van der Waals surface area contributed by atoms with E-state index in [1.165, 1.54) is 17.8 Å². The minimum absolute atomic E-state index is 0.0363. The summed E-state index contributed by atoms with van der Waals surface area (Å²) in [6.07, 6.45) is -2.58. The molecular formula is C26H46N4O9SSi2. The van der Waals surface area contributed by atoms with Gasteiger partial charge in [0.2, 0.25) is 11.5 Å². The third-order valence-corrected chi connectivity index (χ3v) is 18.8. The zero-order chi connectivity index (χ0) is 32.4. The van der Waals surface area contributed by atoms with Gasteiger partial charge in [0.05, 0.1) is 17.6 Å². The van der Waals surface area contributed by atoms with Crippen molar-refractivity contribution in [2.45, 2.75) is 109 Å². The molecule has 1 spiro atoms. The quantitative estimate of drug-likeness (QED) is 0.315. The third kappa shape index (κ3) is 6.12. The highest BCUT2D eigenvalue weighted by molar-refractivity contribution is 7.90. The van der Waals surface area contributed by atoms with Gasteiger partial charge < -0.3 is 24.6 Å². The summed E-state index contributed by atoms with van der Waals surface area (Å²) in [4.78, 5) is 38.0. The Bertz CT molecular complexity index is 1500. The van der Waals surface area contributed by atoms with Crippen molar-refractivity contribution >= 4 is 32.7 Å². The molecule has 1 saturated heterocycles. The Hall–Kier alpha value is -2.09. The van der Waals surface area contributed by atoms with Crippen LogP contribution in [0.15, 0.2) is 26.9 Å².